The molecule has 3 atom stereocenters. The van der Waals surface area contributed by atoms with Crippen molar-refractivity contribution in [1.82, 2.24) is 15.1 Å². The van der Waals surface area contributed by atoms with E-state index in [1.807, 2.05) is 24.3 Å². The Labute approximate surface area is 217 Å². The molecule has 3 aliphatic rings. The number of aliphatic hydroxyl groups is 1. The summed E-state index contributed by atoms with van der Waals surface area (Å²) in [5.74, 6) is 0.150. The summed E-state index contributed by atoms with van der Waals surface area (Å²) >= 11 is 6.45. The van der Waals surface area contributed by atoms with Crippen LogP contribution in [0, 0.1) is 5.92 Å². The molecule has 0 spiro atoms. The third-order valence-electron chi connectivity index (χ3n) is 7.34. The normalized spacial score (nSPS) is 21.8. The molecule has 0 bridgehead atoms. The van der Waals surface area contributed by atoms with Gasteiger partial charge in [0.2, 0.25) is 5.91 Å². The summed E-state index contributed by atoms with van der Waals surface area (Å²) in [6, 6.07) is 14.0. The first-order valence-corrected chi connectivity index (χ1v) is 13.4. The van der Waals surface area contributed by atoms with Crippen LogP contribution >= 0.6 is 11.6 Å². The van der Waals surface area contributed by atoms with Crippen molar-refractivity contribution in [2.24, 2.45) is 5.92 Å². The number of halogens is 1. The Morgan fingerprint density at radius 1 is 1.06 bits per heavy atom. The molecule has 0 aromatic heterocycles. The lowest BCUT2D eigenvalue weighted by Crippen LogP contribution is -2.49. The molecule has 36 heavy (non-hydrogen) atoms. The van der Waals surface area contributed by atoms with Crippen molar-refractivity contribution in [1.29, 1.82) is 0 Å². The maximum absolute atomic E-state index is 13.3. The molecule has 0 radical (unpaired) electrons. The fourth-order valence-corrected chi connectivity index (χ4v) is 5.32. The summed E-state index contributed by atoms with van der Waals surface area (Å²) in [7, 11) is 0. The summed E-state index contributed by atoms with van der Waals surface area (Å²) in [4.78, 5) is 30.1. The Morgan fingerprint density at radius 2 is 1.81 bits per heavy atom. The Bertz CT molecular complexity index is 1070. The number of nitrogens with zero attached hydrogens (tertiary/aromatic N) is 2. The molecule has 7 nitrogen and oxygen atoms in total. The van der Waals surface area contributed by atoms with Gasteiger partial charge in [0.25, 0.3) is 5.91 Å². The number of amides is 2. The van der Waals surface area contributed by atoms with E-state index in [2.05, 4.69) is 10.2 Å². The summed E-state index contributed by atoms with van der Waals surface area (Å²) in [6.07, 6.45) is 4.26. The highest BCUT2D eigenvalue weighted by atomic mass is 35.5. The second-order valence-corrected chi connectivity index (χ2v) is 10.6. The lowest BCUT2D eigenvalue weighted by atomic mass is 10.00. The molecule has 2 aromatic carbocycles. The van der Waals surface area contributed by atoms with Crippen molar-refractivity contribution in [3.05, 3.63) is 64.7 Å². The molecule has 2 aliphatic heterocycles. The van der Waals surface area contributed by atoms with E-state index in [9.17, 15) is 14.7 Å². The Kier molecular flexibility index (Phi) is 7.79. The summed E-state index contributed by atoms with van der Waals surface area (Å²) in [6.45, 7) is 3.40. The Balaban J connectivity index is 1.25. The van der Waals surface area contributed by atoms with E-state index in [1.54, 1.807) is 29.2 Å². The van der Waals surface area contributed by atoms with Crippen LogP contribution in [0.1, 0.15) is 54.1 Å². The van der Waals surface area contributed by atoms with Crippen LogP contribution in [0.25, 0.3) is 0 Å². The SMILES string of the molecule is O=C(N[C@H](CN1CCCC1)[C@H](O)c1ccc(OC2CC2)c(Cl)c1)[C@@H]1CCN(C(=O)c2ccccc2)C1. The fraction of sp³-hybridized carbons (Fsp3) is 0.500. The lowest BCUT2D eigenvalue weighted by molar-refractivity contribution is -0.126. The number of hydrogen-bond donors (Lipinski definition) is 2. The van der Waals surface area contributed by atoms with Crippen LogP contribution in [0.5, 0.6) is 5.75 Å². The minimum atomic E-state index is -0.912. The number of likely N-dealkylation sites (tertiary alicyclic amines) is 2. The second kappa shape index (κ2) is 11.2. The number of hydrogen-bond acceptors (Lipinski definition) is 5. The average molecular weight is 512 g/mol. The van der Waals surface area contributed by atoms with Gasteiger partial charge in [-0.2, -0.15) is 0 Å². The molecule has 2 heterocycles. The van der Waals surface area contributed by atoms with Gasteiger partial charge in [-0.05, 0) is 75.0 Å². The van der Waals surface area contributed by atoms with Gasteiger partial charge in [-0.3, -0.25) is 9.59 Å². The first kappa shape index (κ1) is 25.1. The van der Waals surface area contributed by atoms with E-state index in [-0.39, 0.29) is 23.8 Å². The highest BCUT2D eigenvalue weighted by Gasteiger charge is 2.35. The number of carbonyl (C=O) groups is 2. The van der Waals surface area contributed by atoms with Crippen LogP contribution in [0.4, 0.5) is 0 Å². The Morgan fingerprint density at radius 3 is 2.50 bits per heavy atom. The lowest BCUT2D eigenvalue weighted by Gasteiger charge is -2.30. The quantitative estimate of drug-likeness (QED) is 0.537. The van der Waals surface area contributed by atoms with Gasteiger partial charge in [0.15, 0.2) is 0 Å². The van der Waals surface area contributed by atoms with E-state index < -0.39 is 12.1 Å². The molecule has 5 rings (SSSR count). The number of carbonyl (C=O) groups excluding carboxylic acids is 2. The first-order valence-electron chi connectivity index (χ1n) is 13.0. The summed E-state index contributed by atoms with van der Waals surface area (Å²) in [5.41, 5.74) is 1.28. The van der Waals surface area contributed by atoms with E-state index in [0.717, 1.165) is 38.8 Å². The van der Waals surface area contributed by atoms with E-state index in [0.29, 0.717) is 48.0 Å². The zero-order chi connectivity index (χ0) is 25.1. The third kappa shape index (κ3) is 6.02. The van der Waals surface area contributed by atoms with Crippen LogP contribution in [-0.2, 0) is 4.79 Å². The van der Waals surface area contributed by atoms with Crippen molar-refractivity contribution >= 4 is 23.4 Å². The van der Waals surface area contributed by atoms with Gasteiger partial charge in [-0.25, -0.2) is 0 Å². The van der Waals surface area contributed by atoms with Crippen molar-refractivity contribution < 1.29 is 19.4 Å². The molecule has 2 saturated heterocycles. The Hall–Kier alpha value is -2.61. The van der Waals surface area contributed by atoms with E-state index in [4.69, 9.17) is 16.3 Å². The largest absolute Gasteiger partial charge is 0.489 e. The molecular weight excluding hydrogens is 478 g/mol. The van der Waals surface area contributed by atoms with Crippen LogP contribution in [0.15, 0.2) is 48.5 Å². The van der Waals surface area contributed by atoms with Crippen molar-refractivity contribution in [2.45, 2.75) is 50.4 Å². The average Bonchev–Trinajstić information content (AvgIpc) is 3.33. The minimum Gasteiger partial charge on any atom is -0.489 e. The minimum absolute atomic E-state index is 0.0531. The molecular formula is C28H34ClN3O4. The van der Waals surface area contributed by atoms with Crippen molar-refractivity contribution in [3.63, 3.8) is 0 Å². The predicted molar refractivity (Wildman–Crippen MR) is 138 cm³/mol. The highest BCUT2D eigenvalue weighted by Crippen LogP contribution is 2.34. The molecule has 1 saturated carbocycles. The van der Waals surface area contributed by atoms with Crippen LogP contribution in [-0.4, -0.2) is 71.6 Å². The number of rotatable bonds is 9. The number of aliphatic hydroxyl groups excluding tert-OH is 1. The van der Waals surface area contributed by atoms with Gasteiger partial charge < -0.3 is 25.0 Å². The molecule has 8 heteroatoms. The fourth-order valence-electron chi connectivity index (χ4n) is 5.08. The molecule has 2 N–H and O–H groups in total. The summed E-state index contributed by atoms with van der Waals surface area (Å²) < 4.78 is 5.83. The summed E-state index contributed by atoms with van der Waals surface area (Å²) in [5, 5.41) is 14.9. The zero-order valence-electron chi connectivity index (χ0n) is 20.4. The molecule has 0 unspecified atom stereocenters. The van der Waals surface area contributed by atoms with Crippen molar-refractivity contribution in [3.8, 4) is 5.75 Å². The maximum Gasteiger partial charge on any atom is 0.253 e. The van der Waals surface area contributed by atoms with Gasteiger partial charge in [0.05, 0.1) is 23.1 Å². The van der Waals surface area contributed by atoms with Crippen LogP contribution < -0.4 is 10.1 Å². The smallest absolute Gasteiger partial charge is 0.253 e. The first-order chi connectivity index (χ1) is 17.5. The van der Waals surface area contributed by atoms with Gasteiger partial charge in [-0.15, -0.1) is 0 Å². The second-order valence-electron chi connectivity index (χ2n) is 10.2. The molecule has 1 aliphatic carbocycles. The molecule has 2 aromatic rings. The topological polar surface area (TPSA) is 82.1 Å². The molecule has 192 valence electrons. The maximum atomic E-state index is 13.3. The molecule has 3 fully saturated rings. The number of nitrogens with one attached hydrogen (secondary N) is 1. The van der Waals surface area contributed by atoms with E-state index in [1.165, 1.54) is 0 Å². The number of ether oxygens (including phenoxy) is 1. The van der Waals surface area contributed by atoms with Gasteiger partial charge in [0, 0.05) is 25.2 Å². The van der Waals surface area contributed by atoms with Gasteiger partial charge in [0.1, 0.15) is 11.9 Å². The zero-order valence-corrected chi connectivity index (χ0v) is 21.2. The predicted octanol–water partition coefficient (Wildman–Crippen LogP) is 3.66. The third-order valence-corrected chi connectivity index (χ3v) is 7.64. The van der Waals surface area contributed by atoms with Gasteiger partial charge >= 0.3 is 0 Å². The van der Waals surface area contributed by atoms with E-state index >= 15 is 0 Å². The van der Waals surface area contributed by atoms with Gasteiger partial charge in [-0.1, -0.05) is 35.9 Å². The number of benzene rings is 2. The monoisotopic (exact) mass is 511 g/mol. The van der Waals surface area contributed by atoms with Crippen molar-refractivity contribution in [2.75, 3.05) is 32.7 Å². The van der Waals surface area contributed by atoms with Crippen LogP contribution in [0.2, 0.25) is 5.02 Å². The highest BCUT2D eigenvalue weighted by molar-refractivity contribution is 6.32. The van der Waals surface area contributed by atoms with Crippen LogP contribution in [0.3, 0.4) is 0 Å². The molecule has 2 amide bonds. The standard InChI is InChI=1S/C28H34ClN3O4/c29-23-16-20(8-11-25(23)36-22-9-10-22)26(33)24(18-31-13-4-5-14-31)30-27(34)21-12-15-32(17-21)28(35)19-6-2-1-3-7-19/h1-3,6-8,11,16,21-22,24,26,33H,4-5,9-10,12-15,17-18H2,(H,30,34)/t21-,24-,26-/m1/s1.